The fourth-order valence-corrected chi connectivity index (χ4v) is 2.17. The van der Waals surface area contributed by atoms with Crippen LogP contribution >= 0.6 is 23.4 Å². The molecule has 1 amide bonds. The van der Waals surface area contributed by atoms with Gasteiger partial charge in [-0.2, -0.15) is 0 Å². The highest BCUT2D eigenvalue weighted by molar-refractivity contribution is 7.98. The topological polar surface area (TPSA) is 49.3 Å². The Morgan fingerprint density at radius 3 is 2.72 bits per heavy atom. The van der Waals surface area contributed by atoms with Gasteiger partial charge in [-0.15, -0.1) is 11.8 Å². The lowest BCUT2D eigenvalue weighted by Crippen LogP contribution is -2.44. The van der Waals surface area contributed by atoms with Crippen LogP contribution in [0.15, 0.2) is 23.1 Å². The van der Waals surface area contributed by atoms with Crippen LogP contribution in [0.1, 0.15) is 30.6 Å². The molecule has 3 nitrogen and oxygen atoms in total. The minimum absolute atomic E-state index is 0.0336. The summed E-state index contributed by atoms with van der Waals surface area (Å²) in [6.07, 6.45) is 2.44. The van der Waals surface area contributed by atoms with E-state index in [1.807, 2.05) is 26.2 Å². The van der Waals surface area contributed by atoms with E-state index in [0.29, 0.717) is 17.0 Å². The molecule has 0 saturated heterocycles. The minimum Gasteiger partial charge on any atom is -0.396 e. The summed E-state index contributed by atoms with van der Waals surface area (Å²) < 4.78 is 0. The van der Waals surface area contributed by atoms with Gasteiger partial charge in [0.2, 0.25) is 0 Å². The number of benzene rings is 1. The lowest BCUT2D eigenvalue weighted by Gasteiger charge is -2.25. The molecule has 0 bridgehead atoms. The van der Waals surface area contributed by atoms with Gasteiger partial charge < -0.3 is 10.4 Å². The highest BCUT2D eigenvalue weighted by atomic mass is 35.5. The van der Waals surface area contributed by atoms with Crippen LogP contribution < -0.4 is 5.32 Å². The van der Waals surface area contributed by atoms with Crippen molar-refractivity contribution in [2.24, 2.45) is 0 Å². The predicted molar refractivity (Wildman–Crippen MR) is 76.5 cm³/mol. The van der Waals surface area contributed by atoms with E-state index in [1.165, 1.54) is 0 Å². The van der Waals surface area contributed by atoms with E-state index in [-0.39, 0.29) is 12.5 Å². The van der Waals surface area contributed by atoms with Crippen molar-refractivity contribution in [3.63, 3.8) is 0 Å². The van der Waals surface area contributed by atoms with E-state index in [2.05, 4.69) is 5.32 Å². The lowest BCUT2D eigenvalue weighted by atomic mass is 10.0. The van der Waals surface area contributed by atoms with Crippen LogP contribution in [0.25, 0.3) is 0 Å². The number of halogens is 1. The van der Waals surface area contributed by atoms with Crippen LogP contribution in [-0.4, -0.2) is 29.4 Å². The molecule has 0 spiro atoms. The SMILES string of the molecule is CSc1ccc(Cl)c(C(=O)NC(C)(C)CCO)c1. The molecule has 0 aliphatic rings. The highest BCUT2D eigenvalue weighted by Crippen LogP contribution is 2.23. The molecule has 0 aliphatic carbocycles. The number of hydrogen-bond donors (Lipinski definition) is 2. The van der Waals surface area contributed by atoms with Crippen molar-refractivity contribution in [1.82, 2.24) is 5.32 Å². The molecule has 0 atom stereocenters. The monoisotopic (exact) mass is 287 g/mol. The normalized spacial score (nSPS) is 11.4. The first-order chi connectivity index (χ1) is 8.39. The first-order valence-corrected chi connectivity index (χ1v) is 7.27. The van der Waals surface area contributed by atoms with Crippen molar-refractivity contribution in [2.45, 2.75) is 30.7 Å². The third kappa shape index (κ3) is 4.19. The van der Waals surface area contributed by atoms with E-state index < -0.39 is 5.54 Å². The van der Waals surface area contributed by atoms with Gasteiger partial charge in [-0.25, -0.2) is 0 Å². The van der Waals surface area contributed by atoms with Crippen LogP contribution in [0.3, 0.4) is 0 Å². The van der Waals surface area contributed by atoms with E-state index in [0.717, 1.165) is 4.90 Å². The van der Waals surface area contributed by atoms with Gasteiger partial charge in [-0.3, -0.25) is 4.79 Å². The van der Waals surface area contributed by atoms with Crippen LogP contribution in [0.2, 0.25) is 5.02 Å². The third-order valence-electron chi connectivity index (χ3n) is 2.61. The van der Waals surface area contributed by atoms with Crippen LogP contribution in [-0.2, 0) is 0 Å². The van der Waals surface area contributed by atoms with Gasteiger partial charge in [-0.05, 0) is 44.7 Å². The number of hydrogen-bond acceptors (Lipinski definition) is 3. The van der Waals surface area contributed by atoms with Gasteiger partial charge in [0, 0.05) is 17.0 Å². The summed E-state index contributed by atoms with van der Waals surface area (Å²) in [5.41, 5.74) is 0.0133. The molecule has 0 aliphatic heterocycles. The molecule has 0 heterocycles. The zero-order chi connectivity index (χ0) is 13.8. The van der Waals surface area contributed by atoms with Gasteiger partial charge in [0.1, 0.15) is 0 Å². The fourth-order valence-electron chi connectivity index (χ4n) is 1.52. The lowest BCUT2D eigenvalue weighted by molar-refractivity contribution is 0.0899. The summed E-state index contributed by atoms with van der Waals surface area (Å²) in [5.74, 6) is -0.214. The Morgan fingerprint density at radius 1 is 1.50 bits per heavy atom. The van der Waals surface area contributed by atoms with Crippen molar-refractivity contribution in [2.75, 3.05) is 12.9 Å². The predicted octanol–water partition coefficient (Wildman–Crippen LogP) is 2.95. The number of aliphatic hydroxyl groups excluding tert-OH is 1. The number of rotatable bonds is 5. The number of carbonyl (C=O) groups is 1. The minimum atomic E-state index is -0.454. The number of thioether (sulfide) groups is 1. The van der Waals surface area contributed by atoms with Gasteiger partial charge >= 0.3 is 0 Å². The maximum Gasteiger partial charge on any atom is 0.253 e. The molecule has 0 unspecified atom stereocenters. The Morgan fingerprint density at radius 2 is 2.17 bits per heavy atom. The summed E-state index contributed by atoms with van der Waals surface area (Å²) in [5, 5.41) is 12.2. The highest BCUT2D eigenvalue weighted by Gasteiger charge is 2.21. The first kappa shape index (κ1) is 15.3. The van der Waals surface area contributed by atoms with Crippen LogP contribution in [0.5, 0.6) is 0 Å². The van der Waals surface area contributed by atoms with Crippen LogP contribution in [0.4, 0.5) is 0 Å². The molecule has 5 heteroatoms. The average molecular weight is 288 g/mol. The Hall–Kier alpha value is -0.710. The second-order valence-corrected chi connectivity index (χ2v) is 5.94. The van der Waals surface area contributed by atoms with E-state index in [1.54, 1.807) is 23.9 Å². The van der Waals surface area contributed by atoms with Crippen molar-refractivity contribution in [3.05, 3.63) is 28.8 Å². The standard InChI is InChI=1S/C13H18ClNO2S/c1-13(2,6-7-16)15-12(17)10-8-9(18-3)4-5-11(10)14/h4-5,8,16H,6-7H2,1-3H3,(H,15,17). The van der Waals surface area contributed by atoms with Gasteiger partial charge in [-0.1, -0.05) is 11.6 Å². The number of nitrogens with one attached hydrogen (secondary N) is 1. The third-order valence-corrected chi connectivity index (χ3v) is 3.66. The van der Waals surface area contributed by atoms with Gasteiger partial charge in [0.05, 0.1) is 10.6 Å². The second kappa shape index (κ2) is 6.45. The molecule has 1 aromatic carbocycles. The number of aliphatic hydroxyl groups is 1. The number of amides is 1. The summed E-state index contributed by atoms with van der Waals surface area (Å²) in [6, 6.07) is 5.38. The molecule has 0 aromatic heterocycles. The Bertz CT molecular complexity index is 435. The molecule has 0 radical (unpaired) electrons. The molecule has 1 rings (SSSR count). The molecule has 18 heavy (non-hydrogen) atoms. The first-order valence-electron chi connectivity index (χ1n) is 5.66. The quantitative estimate of drug-likeness (QED) is 0.819. The second-order valence-electron chi connectivity index (χ2n) is 4.66. The fraction of sp³-hybridized carbons (Fsp3) is 0.462. The smallest absolute Gasteiger partial charge is 0.253 e. The molecule has 0 saturated carbocycles. The Balaban J connectivity index is 2.90. The van der Waals surface area contributed by atoms with E-state index in [9.17, 15) is 4.79 Å². The summed E-state index contributed by atoms with van der Waals surface area (Å²) in [4.78, 5) is 13.1. The van der Waals surface area contributed by atoms with E-state index >= 15 is 0 Å². The summed E-state index contributed by atoms with van der Waals surface area (Å²) in [7, 11) is 0. The zero-order valence-corrected chi connectivity index (χ0v) is 12.4. The summed E-state index contributed by atoms with van der Waals surface area (Å²) >= 11 is 7.59. The molecule has 2 N–H and O–H groups in total. The maximum absolute atomic E-state index is 12.1. The Labute approximate surface area is 117 Å². The zero-order valence-electron chi connectivity index (χ0n) is 10.8. The number of carbonyl (C=O) groups excluding carboxylic acids is 1. The van der Waals surface area contributed by atoms with Crippen molar-refractivity contribution in [3.8, 4) is 0 Å². The van der Waals surface area contributed by atoms with Gasteiger partial charge in [0.25, 0.3) is 5.91 Å². The maximum atomic E-state index is 12.1. The largest absolute Gasteiger partial charge is 0.396 e. The van der Waals surface area contributed by atoms with Crippen molar-refractivity contribution in [1.29, 1.82) is 0 Å². The van der Waals surface area contributed by atoms with Gasteiger partial charge in [0.15, 0.2) is 0 Å². The molecule has 0 fully saturated rings. The van der Waals surface area contributed by atoms with Crippen LogP contribution in [0, 0.1) is 0 Å². The Kier molecular flexibility index (Phi) is 5.50. The van der Waals surface area contributed by atoms with E-state index in [4.69, 9.17) is 16.7 Å². The molecule has 100 valence electrons. The average Bonchev–Trinajstić information content (AvgIpc) is 2.28. The van der Waals surface area contributed by atoms with Crippen molar-refractivity contribution < 1.29 is 9.90 Å². The molecular weight excluding hydrogens is 270 g/mol. The summed E-state index contributed by atoms with van der Waals surface area (Å²) in [6.45, 7) is 3.77. The molecular formula is C13H18ClNO2S. The molecule has 1 aromatic rings. The van der Waals surface area contributed by atoms with Crippen molar-refractivity contribution >= 4 is 29.3 Å².